The van der Waals surface area contributed by atoms with Gasteiger partial charge < -0.3 is 5.11 Å². The average Bonchev–Trinajstić information content (AvgIpc) is 2.21. The lowest BCUT2D eigenvalue weighted by Gasteiger charge is -2.28. The van der Waals surface area contributed by atoms with Crippen LogP contribution in [0.4, 0.5) is 0 Å². The number of carboxylic acids is 1. The Hall–Kier alpha value is -1.10. The van der Waals surface area contributed by atoms with Crippen molar-refractivity contribution in [3.05, 3.63) is 0 Å². The van der Waals surface area contributed by atoms with E-state index < -0.39 is 17.9 Å². The van der Waals surface area contributed by atoms with Crippen LogP contribution in [0.1, 0.15) is 40.0 Å². The summed E-state index contributed by atoms with van der Waals surface area (Å²) in [4.78, 5) is 21.6. The lowest BCUT2D eigenvalue weighted by molar-refractivity contribution is -0.173. The summed E-state index contributed by atoms with van der Waals surface area (Å²) in [5, 5.41) is 19.0. The number of aliphatic carboxylic acids is 1. The van der Waals surface area contributed by atoms with Crippen LogP contribution in [0.2, 0.25) is 0 Å². The number of carbonyl (C=O) groups is 2. The molecule has 5 nitrogen and oxygen atoms in total. The molecule has 0 aliphatic heterocycles. The molecular weight excluding hydrogens is 210 g/mol. The molecule has 0 heterocycles. The molecule has 1 amide bonds. The fourth-order valence-electron chi connectivity index (χ4n) is 1.82. The zero-order valence-electron chi connectivity index (χ0n) is 10.1. The zero-order valence-corrected chi connectivity index (χ0v) is 10.1. The van der Waals surface area contributed by atoms with Gasteiger partial charge in [0, 0.05) is 0 Å². The molecule has 0 aliphatic carbocycles. The highest BCUT2D eigenvalue weighted by Gasteiger charge is 2.31. The number of hydrogen-bond acceptors (Lipinski definition) is 3. The molecule has 94 valence electrons. The van der Waals surface area contributed by atoms with Gasteiger partial charge in [-0.15, -0.1) is 0 Å². The minimum atomic E-state index is -0.965. The maximum atomic E-state index is 11.1. The van der Waals surface area contributed by atoms with Gasteiger partial charge in [-0.3, -0.25) is 14.8 Å². The fourth-order valence-corrected chi connectivity index (χ4v) is 1.82. The van der Waals surface area contributed by atoms with Gasteiger partial charge in [-0.25, -0.2) is 5.06 Å². The van der Waals surface area contributed by atoms with Gasteiger partial charge >= 0.3 is 5.97 Å². The summed E-state index contributed by atoms with van der Waals surface area (Å²) in [7, 11) is 0. The van der Waals surface area contributed by atoms with Crippen molar-refractivity contribution in [3.63, 3.8) is 0 Å². The standard InChI is InChI=1S/C11H21NO4/c1-4-5-10(12(16)7-13)9(11(14)15)6-8(2)3/h7-10,16H,4-6H2,1-3H3,(H,14,15)/t9?,10-/m0/s1. The molecule has 0 saturated carbocycles. The molecule has 16 heavy (non-hydrogen) atoms. The summed E-state index contributed by atoms with van der Waals surface area (Å²) in [5.74, 6) is -1.47. The summed E-state index contributed by atoms with van der Waals surface area (Å²) in [5.41, 5.74) is 0. The summed E-state index contributed by atoms with van der Waals surface area (Å²) in [6, 6.07) is -0.637. The Bertz CT molecular complexity index is 230. The van der Waals surface area contributed by atoms with Crippen LogP contribution >= 0.6 is 0 Å². The van der Waals surface area contributed by atoms with Gasteiger partial charge in [-0.2, -0.15) is 0 Å². The third-order valence-corrected chi connectivity index (χ3v) is 2.54. The van der Waals surface area contributed by atoms with Crippen LogP contribution < -0.4 is 0 Å². The van der Waals surface area contributed by atoms with Gasteiger partial charge in [0.2, 0.25) is 6.41 Å². The van der Waals surface area contributed by atoms with Crippen molar-refractivity contribution < 1.29 is 19.9 Å². The molecule has 0 saturated heterocycles. The molecule has 2 N–H and O–H groups in total. The van der Waals surface area contributed by atoms with E-state index in [1.54, 1.807) is 0 Å². The van der Waals surface area contributed by atoms with E-state index in [9.17, 15) is 14.8 Å². The molecule has 0 aliphatic rings. The van der Waals surface area contributed by atoms with Crippen molar-refractivity contribution in [3.8, 4) is 0 Å². The zero-order chi connectivity index (χ0) is 12.7. The molecule has 0 spiro atoms. The quantitative estimate of drug-likeness (QED) is 0.379. The van der Waals surface area contributed by atoms with Crippen molar-refractivity contribution >= 4 is 12.4 Å². The van der Waals surface area contributed by atoms with Gasteiger partial charge in [0.15, 0.2) is 0 Å². The first kappa shape index (κ1) is 14.9. The molecule has 0 radical (unpaired) electrons. The van der Waals surface area contributed by atoms with Gasteiger partial charge in [0.05, 0.1) is 12.0 Å². The van der Waals surface area contributed by atoms with E-state index in [1.807, 2.05) is 20.8 Å². The lowest BCUT2D eigenvalue weighted by atomic mass is 9.88. The molecule has 0 aromatic heterocycles. The first-order chi connectivity index (χ1) is 7.43. The minimum Gasteiger partial charge on any atom is -0.481 e. The maximum absolute atomic E-state index is 11.1. The third-order valence-electron chi connectivity index (χ3n) is 2.54. The van der Waals surface area contributed by atoms with Crippen LogP contribution in [0.15, 0.2) is 0 Å². The van der Waals surface area contributed by atoms with E-state index in [4.69, 9.17) is 5.11 Å². The second-order valence-electron chi connectivity index (χ2n) is 4.42. The number of carboxylic acid groups (broad SMARTS) is 1. The molecule has 1 unspecified atom stereocenters. The molecule has 0 aromatic rings. The molecule has 0 aromatic carbocycles. The fraction of sp³-hybridized carbons (Fsp3) is 0.818. The van der Waals surface area contributed by atoms with Gasteiger partial charge in [-0.1, -0.05) is 27.2 Å². The summed E-state index contributed by atoms with van der Waals surface area (Å²) >= 11 is 0. The number of amides is 1. The largest absolute Gasteiger partial charge is 0.481 e. The summed E-state index contributed by atoms with van der Waals surface area (Å²) in [6.07, 6.45) is 1.93. The van der Waals surface area contributed by atoms with Crippen molar-refractivity contribution in [2.45, 2.75) is 46.1 Å². The van der Waals surface area contributed by atoms with Crippen LogP contribution in [0, 0.1) is 11.8 Å². The molecule has 0 fully saturated rings. The molecule has 5 heteroatoms. The van der Waals surface area contributed by atoms with Gasteiger partial charge in [-0.05, 0) is 18.8 Å². The Labute approximate surface area is 96.0 Å². The topological polar surface area (TPSA) is 77.8 Å². The Morgan fingerprint density at radius 3 is 2.31 bits per heavy atom. The highest BCUT2D eigenvalue weighted by Crippen LogP contribution is 2.22. The molecular formula is C11H21NO4. The van der Waals surface area contributed by atoms with E-state index in [0.29, 0.717) is 17.9 Å². The SMILES string of the molecule is CCC[C@@H](C(CC(C)C)C(=O)O)N(O)C=O. The number of hydrogen-bond donors (Lipinski definition) is 2. The van der Waals surface area contributed by atoms with Crippen LogP contribution in [0.25, 0.3) is 0 Å². The lowest BCUT2D eigenvalue weighted by Crippen LogP contribution is -2.41. The van der Waals surface area contributed by atoms with Crippen LogP contribution in [0.5, 0.6) is 0 Å². The average molecular weight is 231 g/mol. The van der Waals surface area contributed by atoms with Crippen molar-refractivity contribution in [2.24, 2.45) is 11.8 Å². The van der Waals surface area contributed by atoms with E-state index >= 15 is 0 Å². The molecule has 0 rings (SSSR count). The van der Waals surface area contributed by atoms with Gasteiger partial charge in [0.25, 0.3) is 0 Å². The monoisotopic (exact) mass is 231 g/mol. The van der Waals surface area contributed by atoms with Crippen molar-refractivity contribution in [1.82, 2.24) is 5.06 Å². The summed E-state index contributed by atoms with van der Waals surface area (Å²) in [6.45, 7) is 5.73. The van der Waals surface area contributed by atoms with Crippen molar-refractivity contribution in [2.75, 3.05) is 0 Å². The second kappa shape index (κ2) is 7.22. The van der Waals surface area contributed by atoms with Crippen LogP contribution in [-0.2, 0) is 9.59 Å². The van der Waals surface area contributed by atoms with E-state index in [0.717, 1.165) is 6.42 Å². The highest BCUT2D eigenvalue weighted by atomic mass is 16.5. The highest BCUT2D eigenvalue weighted by molar-refractivity contribution is 5.71. The number of hydroxylamine groups is 2. The Morgan fingerprint density at radius 2 is 2.00 bits per heavy atom. The molecule has 0 bridgehead atoms. The number of rotatable bonds is 8. The number of carbonyl (C=O) groups excluding carboxylic acids is 1. The predicted molar refractivity (Wildman–Crippen MR) is 59.0 cm³/mol. The third kappa shape index (κ3) is 4.61. The first-order valence-electron chi connectivity index (χ1n) is 5.59. The smallest absolute Gasteiger partial charge is 0.308 e. The predicted octanol–water partition coefficient (Wildman–Crippen LogP) is 1.75. The second-order valence-corrected chi connectivity index (χ2v) is 4.42. The van der Waals surface area contributed by atoms with Crippen LogP contribution in [0.3, 0.4) is 0 Å². The maximum Gasteiger partial charge on any atom is 0.308 e. The van der Waals surface area contributed by atoms with Crippen molar-refractivity contribution in [1.29, 1.82) is 0 Å². The van der Waals surface area contributed by atoms with E-state index in [2.05, 4.69) is 0 Å². The van der Waals surface area contributed by atoms with Crippen LogP contribution in [-0.4, -0.2) is 33.8 Å². The molecule has 2 atom stereocenters. The number of nitrogens with zero attached hydrogens (tertiary/aromatic N) is 1. The minimum absolute atomic E-state index is 0.209. The summed E-state index contributed by atoms with van der Waals surface area (Å²) < 4.78 is 0. The normalized spacial score (nSPS) is 14.6. The Kier molecular flexibility index (Phi) is 6.72. The van der Waals surface area contributed by atoms with Gasteiger partial charge in [0.1, 0.15) is 0 Å². The first-order valence-corrected chi connectivity index (χ1v) is 5.59. The van der Waals surface area contributed by atoms with E-state index in [-0.39, 0.29) is 12.3 Å². The Balaban J connectivity index is 4.78. The Morgan fingerprint density at radius 1 is 1.44 bits per heavy atom. The van der Waals surface area contributed by atoms with E-state index in [1.165, 1.54) is 0 Å².